The molecule has 1 fully saturated rings. The van der Waals surface area contributed by atoms with Gasteiger partial charge in [-0.15, -0.1) is 11.3 Å². The van der Waals surface area contributed by atoms with E-state index in [-0.39, 0.29) is 23.7 Å². The Kier molecular flexibility index (Phi) is 2.52. The molecule has 1 aliphatic heterocycles. The molecule has 2 heterocycles. The average molecular weight is 272 g/mol. The second-order valence-corrected chi connectivity index (χ2v) is 7.69. The topological polar surface area (TPSA) is 60.4 Å². The molecule has 6 heteroatoms. The number of fused-ring (bicyclic) bond motifs is 1. The number of thiophene rings is 1. The fraction of sp³-hybridized carbons (Fsp3) is 0.545. The van der Waals surface area contributed by atoms with Gasteiger partial charge in [-0.3, -0.25) is 4.79 Å². The molecule has 0 radical (unpaired) electrons. The quantitative estimate of drug-likeness (QED) is 0.772. The van der Waals surface area contributed by atoms with Gasteiger partial charge in [-0.1, -0.05) is 0 Å². The molecule has 17 heavy (non-hydrogen) atoms. The van der Waals surface area contributed by atoms with Crippen molar-refractivity contribution in [1.82, 2.24) is 0 Å². The predicted molar refractivity (Wildman–Crippen MR) is 62.5 cm³/mol. The van der Waals surface area contributed by atoms with E-state index in [1.54, 1.807) is 11.4 Å². The number of hydrogen-bond donors (Lipinski definition) is 0. The zero-order chi connectivity index (χ0) is 12.0. The van der Waals surface area contributed by atoms with Crippen LogP contribution in [0.4, 0.5) is 0 Å². The molecule has 0 aromatic carbocycles. The summed E-state index contributed by atoms with van der Waals surface area (Å²) in [6.07, 6.45) is 1.82. The van der Waals surface area contributed by atoms with Crippen molar-refractivity contribution in [2.24, 2.45) is 5.92 Å². The van der Waals surface area contributed by atoms with Gasteiger partial charge in [0.1, 0.15) is 10.3 Å². The summed E-state index contributed by atoms with van der Waals surface area (Å²) in [6, 6.07) is 1.75. The molecule has 1 aliphatic carbocycles. The zero-order valence-electron chi connectivity index (χ0n) is 9.09. The average Bonchev–Trinajstić information content (AvgIpc) is 3.00. The van der Waals surface area contributed by atoms with Gasteiger partial charge in [-0.2, -0.15) is 0 Å². The predicted octanol–water partition coefficient (Wildman–Crippen LogP) is 1.92. The van der Waals surface area contributed by atoms with Crippen LogP contribution in [0.1, 0.15) is 30.9 Å². The van der Waals surface area contributed by atoms with E-state index in [0.29, 0.717) is 16.2 Å². The lowest BCUT2D eigenvalue weighted by Gasteiger charge is -2.22. The van der Waals surface area contributed by atoms with Gasteiger partial charge in [0.05, 0.1) is 11.7 Å². The molecule has 1 aromatic heterocycles. The normalized spacial score (nSPS) is 26.2. The van der Waals surface area contributed by atoms with E-state index in [9.17, 15) is 13.2 Å². The molecule has 4 nitrogen and oxygen atoms in total. The van der Waals surface area contributed by atoms with Gasteiger partial charge in [0.15, 0.2) is 9.84 Å². The first-order chi connectivity index (χ1) is 8.08. The van der Waals surface area contributed by atoms with E-state index in [4.69, 9.17) is 4.74 Å². The number of rotatable bonds is 2. The number of hydrogen-bond acceptors (Lipinski definition) is 5. The summed E-state index contributed by atoms with van der Waals surface area (Å²) in [7, 11) is -3.14. The fourth-order valence-corrected chi connectivity index (χ4v) is 4.93. The van der Waals surface area contributed by atoms with Crippen LogP contribution in [-0.4, -0.2) is 20.1 Å². The Morgan fingerprint density at radius 2 is 2.12 bits per heavy atom. The van der Waals surface area contributed by atoms with E-state index in [1.165, 1.54) is 11.3 Å². The van der Waals surface area contributed by atoms with Crippen molar-refractivity contribution in [2.45, 2.75) is 29.6 Å². The molecule has 3 rings (SSSR count). The van der Waals surface area contributed by atoms with E-state index >= 15 is 0 Å². The van der Waals surface area contributed by atoms with Crippen LogP contribution in [-0.2, 0) is 19.4 Å². The van der Waals surface area contributed by atoms with Gasteiger partial charge in [0, 0.05) is 12.0 Å². The molecular formula is C11H12O4S2. The van der Waals surface area contributed by atoms with Gasteiger partial charge in [-0.25, -0.2) is 8.42 Å². The molecular weight excluding hydrogens is 260 g/mol. The van der Waals surface area contributed by atoms with Crippen molar-refractivity contribution >= 4 is 27.1 Å². The summed E-state index contributed by atoms with van der Waals surface area (Å²) >= 11 is 1.21. The second kappa shape index (κ2) is 3.81. The first-order valence-electron chi connectivity index (χ1n) is 5.58. The Bertz CT molecular complexity index is 554. The van der Waals surface area contributed by atoms with Crippen LogP contribution in [0.3, 0.4) is 0 Å². The summed E-state index contributed by atoms with van der Waals surface area (Å²) in [5.74, 6) is -0.0505. The molecule has 0 N–H and O–H groups in total. The molecule has 1 atom stereocenters. The fourth-order valence-electron chi connectivity index (χ4n) is 1.99. The van der Waals surface area contributed by atoms with Crippen molar-refractivity contribution in [2.75, 3.05) is 5.75 Å². The molecule has 1 saturated carbocycles. The second-order valence-electron chi connectivity index (χ2n) is 4.47. The molecule has 92 valence electrons. The maximum atomic E-state index is 11.8. The minimum Gasteiger partial charge on any atom is -0.457 e. The van der Waals surface area contributed by atoms with Crippen molar-refractivity contribution in [3.63, 3.8) is 0 Å². The molecule has 2 aliphatic rings. The Morgan fingerprint density at radius 3 is 2.82 bits per heavy atom. The van der Waals surface area contributed by atoms with Crippen LogP contribution < -0.4 is 0 Å². The lowest BCUT2D eigenvalue weighted by molar-refractivity contribution is -0.151. The highest BCUT2D eigenvalue weighted by Crippen LogP contribution is 2.40. The summed E-state index contributed by atoms with van der Waals surface area (Å²) in [6.45, 7) is 0. The number of carbonyl (C=O) groups is 1. The lowest BCUT2D eigenvalue weighted by Crippen LogP contribution is -2.22. The highest BCUT2D eigenvalue weighted by Gasteiger charge is 2.37. The van der Waals surface area contributed by atoms with Crippen molar-refractivity contribution in [3.8, 4) is 0 Å². The van der Waals surface area contributed by atoms with Gasteiger partial charge in [-0.05, 0) is 24.3 Å². The minimum absolute atomic E-state index is 0.0515. The van der Waals surface area contributed by atoms with Crippen LogP contribution in [0.25, 0.3) is 0 Å². The molecule has 1 aromatic rings. The van der Waals surface area contributed by atoms with Gasteiger partial charge in [0.25, 0.3) is 0 Å². The van der Waals surface area contributed by atoms with Gasteiger partial charge >= 0.3 is 5.97 Å². The third-order valence-electron chi connectivity index (χ3n) is 3.11. The maximum absolute atomic E-state index is 11.8. The van der Waals surface area contributed by atoms with Crippen molar-refractivity contribution in [1.29, 1.82) is 0 Å². The number of carbonyl (C=O) groups excluding carboxylic acids is 1. The number of ether oxygens (including phenoxy) is 1. The van der Waals surface area contributed by atoms with Crippen molar-refractivity contribution in [3.05, 3.63) is 17.0 Å². The molecule has 0 amide bonds. The van der Waals surface area contributed by atoms with Crippen LogP contribution >= 0.6 is 11.3 Å². The maximum Gasteiger partial charge on any atom is 0.309 e. The van der Waals surface area contributed by atoms with E-state index in [2.05, 4.69) is 0 Å². The number of esters is 1. The summed E-state index contributed by atoms with van der Waals surface area (Å²) in [5.41, 5.74) is 0.662. The molecule has 0 unspecified atom stereocenters. The Labute approximate surface area is 104 Å². The first kappa shape index (κ1) is 11.2. The van der Waals surface area contributed by atoms with Crippen LogP contribution in [0.5, 0.6) is 0 Å². The van der Waals surface area contributed by atoms with Crippen LogP contribution in [0.2, 0.25) is 0 Å². The highest BCUT2D eigenvalue weighted by molar-refractivity contribution is 7.93. The third-order valence-corrected chi connectivity index (χ3v) is 6.45. The third kappa shape index (κ3) is 1.99. The van der Waals surface area contributed by atoms with E-state index in [0.717, 1.165) is 12.8 Å². The van der Waals surface area contributed by atoms with E-state index in [1.807, 2.05) is 0 Å². The zero-order valence-corrected chi connectivity index (χ0v) is 10.7. The molecule has 0 spiro atoms. The van der Waals surface area contributed by atoms with Crippen LogP contribution in [0.15, 0.2) is 15.7 Å². The molecule has 0 saturated heterocycles. The molecule has 0 bridgehead atoms. The van der Waals surface area contributed by atoms with Gasteiger partial charge < -0.3 is 4.74 Å². The first-order valence-corrected chi connectivity index (χ1v) is 8.12. The highest BCUT2D eigenvalue weighted by atomic mass is 32.2. The Morgan fingerprint density at radius 1 is 1.35 bits per heavy atom. The summed E-state index contributed by atoms with van der Waals surface area (Å²) in [5, 5.41) is 1.74. The van der Waals surface area contributed by atoms with E-state index < -0.39 is 9.84 Å². The standard InChI is InChI=1S/C11H12O4S2/c12-10(7-1-2-7)15-9-4-6-17(13,14)11-8(9)3-5-16-11/h3,5,7,9H,1-2,4,6H2/t9-/m0/s1. The SMILES string of the molecule is O=C(O[C@H]1CCS(=O)(=O)c2sccc21)C1CC1. The number of sulfone groups is 1. The smallest absolute Gasteiger partial charge is 0.309 e. The van der Waals surface area contributed by atoms with Crippen LogP contribution in [0, 0.1) is 5.92 Å². The summed E-state index contributed by atoms with van der Waals surface area (Å²) in [4.78, 5) is 11.6. The van der Waals surface area contributed by atoms with Crippen molar-refractivity contribution < 1.29 is 17.9 Å². The monoisotopic (exact) mass is 272 g/mol. The lowest BCUT2D eigenvalue weighted by atomic mass is 10.1. The minimum atomic E-state index is -3.14. The Hall–Kier alpha value is -0.880. The van der Waals surface area contributed by atoms with Gasteiger partial charge in [0.2, 0.25) is 0 Å². The Balaban J connectivity index is 1.86. The largest absolute Gasteiger partial charge is 0.457 e. The summed E-state index contributed by atoms with van der Waals surface area (Å²) < 4.78 is 29.3.